The van der Waals surface area contributed by atoms with Crippen LogP contribution in [0.4, 0.5) is 0 Å². The zero-order chi connectivity index (χ0) is 19.1. The molecule has 1 aromatic heterocycles. The summed E-state index contributed by atoms with van der Waals surface area (Å²) in [5.41, 5.74) is 1.91. The summed E-state index contributed by atoms with van der Waals surface area (Å²) < 4.78 is 2.80. The summed E-state index contributed by atoms with van der Waals surface area (Å²) in [6.45, 7) is 5.70. The van der Waals surface area contributed by atoms with Crippen LogP contribution in [0.5, 0.6) is 0 Å². The molecule has 3 aromatic rings. The largest absolute Gasteiger partial charge is 0.331 e. The summed E-state index contributed by atoms with van der Waals surface area (Å²) >= 11 is 5.96. The van der Waals surface area contributed by atoms with E-state index in [0.29, 0.717) is 10.7 Å². The number of nitrogens with zero attached hydrogens (tertiary/aromatic N) is 2. The van der Waals surface area contributed by atoms with Crippen LogP contribution in [0.1, 0.15) is 25.0 Å². The normalized spacial score (nSPS) is 11.6. The highest BCUT2D eigenvalue weighted by molar-refractivity contribution is 6.30. The molecule has 0 unspecified atom stereocenters. The number of hydrogen-bond donors (Lipinski definition) is 0. The maximum atomic E-state index is 13.0. The molecule has 0 atom stereocenters. The van der Waals surface area contributed by atoms with Gasteiger partial charge in [-0.2, -0.15) is 0 Å². The summed E-state index contributed by atoms with van der Waals surface area (Å²) in [7, 11) is 1.69. The average molecular weight is 369 g/mol. The third-order valence-electron chi connectivity index (χ3n) is 4.78. The molecule has 0 radical (unpaired) electrons. The highest BCUT2D eigenvalue weighted by Gasteiger charge is 2.27. The first-order chi connectivity index (χ1) is 12.2. The Morgan fingerprint density at radius 3 is 2.08 bits per heavy atom. The van der Waals surface area contributed by atoms with Gasteiger partial charge in [0.25, 0.3) is 5.56 Å². The fourth-order valence-corrected chi connectivity index (χ4v) is 3.25. The fraction of sp³-hybridized carbons (Fsp3) is 0.238. The molecule has 0 spiro atoms. The van der Waals surface area contributed by atoms with E-state index in [1.165, 1.54) is 15.2 Å². The standard InChI is InChI=1S/C21H21ClN2O2/c1-14-5-7-15(8-6-14)18-13-19(25)24(20(26)23(18)4)21(2,3)16-9-11-17(22)12-10-16/h5-13H,1-4H3. The zero-order valence-corrected chi connectivity index (χ0v) is 16.0. The maximum absolute atomic E-state index is 13.0. The second-order valence-electron chi connectivity index (χ2n) is 6.98. The molecule has 0 bridgehead atoms. The van der Waals surface area contributed by atoms with E-state index in [0.717, 1.165) is 16.7 Å². The van der Waals surface area contributed by atoms with Crippen molar-refractivity contribution in [1.82, 2.24) is 9.13 Å². The second kappa shape index (κ2) is 6.61. The quantitative estimate of drug-likeness (QED) is 0.702. The summed E-state index contributed by atoms with van der Waals surface area (Å²) in [4.78, 5) is 25.9. The van der Waals surface area contributed by atoms with Gasteiger partial charge in [0.15, 0.2) is 0 Å². The first kappa shape index (κ1) is 18.2. The SMILES string of the molecule is Cc1ccc(-c2cc(=O)n(C(C)(C)c3ccc(Cl)cc3)c(=O)n2C)cc1. The van der Waals surface area contributed by atoms with Crippen LogP contribution in [0, 0.1) is 6.92 Å². The third kappa shape index (κ3) is 3.13. The number of hydrogen-bond acceptors (Lipinski definition) is 2. The molecule has 134 valence electrons. The van der Waals surface area contributed by atoms with E-state index < -0.39 is 5.54 Å². The monoisotopic (exact) mass is 368 g/mol. The molecule has 5 heteroatoms. The summed E-state index contributed by atoms with van der Waals surface area (Å²) in [6, 6.07) is 16.5. The fourth-order valence-electron chi connectivity index (χ4n) is 3.13. The smallest absolute Gasteiger partial charge is 0.296 e. The lowest BCUT2D eigenvalue weighted by Crippen LogP contribution is -2.49. The van der Waals surface area contributed by atoms with Crippen molar-refractivity contribution in [3.63, 3.8) is 0 Å². The molecule has 0 fully saturated rings. The van der Waals surface area contributed by atoms with Gasteiger partial charge in [-0.05, 0) is 44.0 Å². The van der Waals surface area contributed by atoms with Gasteiger partial charge in [0.05, 0.1) is 11.2 Å². The van der Waals surface area contributed by atoms with Crippen molar-refractivity contribution < 1.29 is 0 Å². The van der Waals surface area contributed by atoms with E-state index in [4.69, 9.17) is 11.6 Å². The molecule has 3 rings (SSSR count). The molecule has 0 saturated carbocycles. The van der Waals surface area contributed by atoms with Gasteiger partial charge in [-0.3, -0.25) is 13.9 Å². The van der Waals surface area contributed by atoms with E-state index in [9.17, 15) is 9.59 Å². The zero-order valence-electron chi connectivity index (χ0n) is 15.3. The summed E-state index contributed by atoms with van der Waals surface area (Å²) in [6.07, 6.45) is 0. The van der Waals surface area contributed by atoms with Crippen LogP contribution in [0.3, 0.4) is 0 Å². The Hall–Kier alpha value is -2.59. The molecule has 4 nitrogen and oxygen atoms in total. The lowest BCUT2D eigenvalue weighted by Gasteiger charge is -2.28. The molecule has 0 saturated heterocycles. The molecular weight excluding hydrogens is 348 g/mol. The first-order valence-corrected chi connectivity index (χ1v) is 8.76. The van der Waals surface area contributed by atoms with Crippen LogP contribution in [0.2, 0.25) is 5.02 Å². The number of halogens is 1. The van der Waals surface area contributed by atoms with Gasteiger partial charge < -0.3 is 0 Å². The number of aromatic nitrogens is 2. The second-order valence-corrected chi connectivity index (χ2v) is 7.41. The van der Waals surface area contributed by atoms with E-state index >= 15 is 0 Å². The topological polar surface area (TPSA) is 44.0 Å². The number of benzene rings is 2. The minimum atomic E-state index is -0.803. The molecule has 0 aliphatic rings. The predicted octanol–water partition coefficient (Wildman–Crippen LogP) is 3.96. The van der Waals surface area contributed by atoms with E-state index in [1.807, 2.05) is 57.2 Å². The Balaban J connectivity index is 2.20. The lowest BCUT2D eigenvalue weighted by molar-refractivity contribution is 0.393. The first-order valence-electron chi connectivity index (χ1n) is 8.38. The van der Waals surface area contributed by atoms with Gasteiger partial charge in [0.2, 0.25) is 0 Å². The molecule has 0 aliphatic heterocycles. The van der Waals surface area contributed by atoms with E-state index in [2.05, 4.69) is 0 Å². The van der Waals surface area contributed by atoms with Crippen molar-refractivity contribution in [2.45, 2.75) is 26.3 Å². The van der Waals surface area contributed by atoms with Crippen LogP contribution in [-0.4, -0.2) is 9.13 Å². The molecule has 1 heterocycles. The third-order valence-corrected chi connectivity index (χ3v) is 5.03. The van der Waals surface area contributed by atoms with Crippen LogP contribution >= 0.6 is 11.6 Å². The Kier molecular flexibility index (Phi) is 4.63. The molecule has 0 amide bonds. The molecule has 26 heavy (non-hydrogen) atoms. The van der Waals surface area contributed by atoms with Crippen molar-refractivity contribution in [3.8, 4) is 11.3 Å². The van der Waals surface area contributed by atoms with Gasteiger partial charge in [-0.1, -0.05) is 53.6 Å². The Bertz CT molecular complexity index is 1060. The molecule has 2 aromatic carbocycles. The van der Waals surface area contributed by atoms with Gasteiger partial charge >= 0.3 is 5.69 Å². The summed E-state index contributed by atoms with van der Waals surface area (Å²) in [5, 5.41) is 0.611. The summed E-state index contributed by atoms with van der Waals surface area (Å²) in [5.74, 6) is 0. The van der Waals surface area contributed by atoms with Crippen LogP contribution in [0.15, 0.2) is 64.2 Å². The van der Waals surface area contributed by atoms with Crippen LogP contribution < -0.4 is 11.2 Å². The Labute approximate surface area is 157 Å². The van der Waals surface area contributed by atoms with E-state index in [-0.39, 0.29) is 11.2 Å². The van der Waals surface area contributed by atoms with Crippen molar-refractivity contribution in [1.29, 1.82) is 0 Å². The maximum Gasteiger partial charge on any atom is 0.331 e. The van der Waals surface area contributed by atoms with Crippen molar-refractivity contribution in [2.24, 2.45) is 7.05 Å². The van der Waals surface area contributed by atoms with Crippen molar-refractivity contribution in [2.75, 3.05) is 0 Å². The van der Waals surface area contributed by atoms with E-state index in [1.54, 1.807) is 19.2 Å². The lowest BCUT2D eigenvalue weighted by atomic mass is 9.94. The van der Waals surface area contributed by atoms with Crippen molar-refractivity contribution in [3.05, 3.63) is 91.6 Å². The van der Waals surface area contributed by atoms with Gasteiger partial charge in [-0.25, -0.2) is 4.79 Å². The van der Waals surface area contributed by atoms with Gasteiger partial charge in [-0.15, -0.1) is 0 Å². The van der Waals surface area contributed by atoms with Crippen LogP contribution in [0.25, 0.3) is 11.3 Å². The average Bonchev–Trinajstić information content (AvgIpc) is 2.59. The number of rotatable bonds is 3. The van der Waals surface area contributed by atoms with Gasteiger partial charge in [0.1, 0.15) is 0 Å². The Morgan fingerprint density at radius 2 is 1.50 bits per heavy atom. The highest BCUT2D eigenvalue weighted by Crippen LogP contribution is 2.25. The molecule has 0 aliphatic carbocycles. The number of aryl methyl sites for hydroxylation is 1. The highest BCUT2D eigenvalue weighted by atomic mass is 35.5. The van der Waals surface area contributed by atoms with Crippen molar-refractivity contribution >= 4 is 11.6 Å². The van der Waals surface area contributed by atoms with Gasteiger partial charge in [0, 0.05) is 18.1 Å². The van der Waals surface area contributed by atoms with Crippen LogP contribution in [-0.2, 0) is 12.6 Å². The predicted molar refractivity (Wildman–Crippen MR) is 106 cm³/mol. The molecule has 0 N–H and O–H groups in total. The molecular formula is C21H21ClN2O2. The minimum absolute atomic E-state index is 0.330. The minimum Gasteiger partial charge on any atom is -0.296 e. The Morgan fingerprint density at radius 1 is 0.923 bits per heavy atom.